The summed E-state index contributed by atoms with van der Waals surface area (Å²) in [4.78, 5) is 20.8. The van der Waals surface area contributed by atoms with Crippen molar-refractivity contribution in [2.75, 3.05) is 5.32 Å². The van der Waals surface area contributed by atoms with Gasteiger partial charge in [0.05, 0.1) is 6.04 Å². The molecule has 2 aromatic rings. The van der Waals surface area contributed by atoms with Gasteiger partial charge in [0.2, 0.25) is 0 Å². The molecular weight excluding hydrogens is 272 g/mol. The van der Waals surface area contributed by atoms with Gasteiger partial charge in [-0.15, -0.1) is 11.3 Å². The molecule has 2 heterocycles. The second-order valence-corrected chi connectivity index (χ2v) is 6.03. The van der Waals surface area contributed by atoms with Gasteiger partial charge in [0.1, 0.15) is 5.01 Å². The van der Waals surface area contributed by atoms with Gasteiger partial charge in [-0.05, 0) is 12.3 Å². The zero-order chi connectivity index (χ0) is 14.5. The number of nitrogens with zero attached hydrogens (tertiary/aromatic N) is 3. The monoisotopic (exact) mass is 292 g/mol. The average molecular weight is 292 g/mol. The van der Waals surface area contributed by atoms with Crippen molar-refractivity contribution in [3.8, 4) is 0 Å². The van der Waals surface area contributed by atoms with Gasteiger partial charge < -0.3 is 9.88 Å². The molecule has 0 aliphatic heterocycles. The Labute approximate surface area is 122 Å². The number of aromatic nitrogens is 3. The fourth-order valence-electron chi connectivity index (χ4n) is 1.99. The summed E-state index contributed by atoms with van der Waals surface area (Å²) in [6.07, 6.45) is 6.03. The SMILES string of the molecule is CCC(Nc1nccn(CC(C)C)c1=O)c1nccs1. The molecule has 0 aliphatic carbocycles. The lowest BCUT2D eigenvalue weighted by Crippen LogP contribution is -2.27. The summed E-state index contributed by atoms with van der Waals surface area (Å²) in [7, 11) is 0. The smallest absolute Gasteiger partial charge is 0.293 e. The highest BCUT2D eigenvalue weighted by molar-refractivity contribution is 7.09. The van der Waals surface area contributed by atoms with Crippen LogP contribution in [0.1, 0.15) is 38.2 Å². The standard InChI is InChI=1S/C14H20N4OS/c1-4-11(13-16-6-8-20-13)17-12-14(19)18(7-5-15-12)9-10(2)3/h5-8,10-11H,4,9H2,1-3H3,(H,15,17). The molecule has 1 N–H and O–H groups in total. The van der Waals surface area contributed by atoms with E-state index in [0.717, 1.165) is 11.4 Å². The Kier molecular flexibility index (Phi) is 4.89. The minimum absolute atomic E-state index is 0.0325. The molecule has 0 amide bonds. The highest BCUT2D eigenvalue weighted by Gasteiger charge is 2.15. The maximum atomic E-state index is 12.3. The molecule has 0 saturated heterocycles. The van der Waals surface area contributed by atoms with Crippen molar-refractivity contribution in [2.45, 2.75) is 39.8 Å². The summed E-state index contributed by atoms with van der Waals surface area (Å²) in [5, 5.41) is 6.14. The number of anilines is 1. The molecule has 0 spiro atoms. The van der Waals surface area contributed by atoms with E-state index in [2.05, 4.69) is 36.1 Å². The third-order valence-electron chi connectivity index (χ3n) is 2.94. The number of hydrogen-bond donors (Lipinski definition) is 1. The molecule has 0 fully saturated rings. The molecular formula is C14H20N4OS. The topological polar surface area (TPSA) is 59.8 Å². The molecule has 0 aromatic carbocycles. The van der Waals surface area contributed by atoms with Crippen molar-refractivity contribution in [2.24, 2.45) is 5.92 Å². The molecule has 1 atom stereocenters. The lowest BCUT2D eigenvalue weighted by molar-refractivity contribution is 0.509. The molecule has 5 nitrogen and oxygen atoms in total. The summed E-state index contributed by atoms with van der Waals surface area (Å²) in [6.45, 7) is 6.94. The van der Waals surface area contributed by atoms with Crippen molar-refractivity contribution in [1.29, 1.82) is 0 Å². The van der Waals surface area contributed by atoms with E-state index in [1.54, 1.807) is 34.5 Å². The molecule has 0 bridgehead atoms. The van der Waals surface area contributed by atoms with E-state index < -0.39 is 0 Å². The maximum Gasteiger partial charge on any atom is 0.293 e. The van der Waals surface area contributed by atoms with Gasteiger partial charge >= 0.3 is 0 Å². The predicted molar refractivity (Wildman–Crippen MR) is 82.1 cm³/mol. The van der Waals surface area contributed by atoms with E-state index in [0.29, 0.717) is 18.3 Å². The average Bonchev–Trinajstić information content (AvgIpc) is 2.93. The number of thiazole rings is 1. The van der Waals surface area contributed by atoms with E-state index in [1.807, 2.05) is 5.38 Å². The van der Waals surface area contributed by atoms with Crippen LogP contribution in [-0.2, 0) is 6.54 Å². The van der Waals surface area contributed by atoms with Gasteiger partial charge in [-0.1, -0.05) is 20.8 Å². The van der Waals surface area contributed by atoms with Gasteiger partial charge in [-0.2, -0.15) is 0 Å². The Hall–Kier alpha value is -1.69. The fraction of sp³-hybridized carbons (Fsp3) is 0.500. The van der Waals surface area contributed by atoms with Crippen molar-refractivity contribution in [1.82, 2.24) is 14.5 Å². The van der Waals surface area contributed by atoms with Crippen LogP contribution < -0.4 is 10.9 Å². The van der Waals surface area contributed by atoms with Crippen LogP contribution in [0, 0.1) is 5.92 Å². The van der Waals surface area contributed by atoms with E-state index >= 15 is 0 Å². The number of hydrogen-bond acceptors (Lipinski definition) is 5. The molecule has 2 rings (SSSR count). The van der Waals surface area contributed by atoms with Crippen molar-refractivity contribution < 1.29 is 0 Å². The Balaban J connectivity index is 2.23. The Bertz CT molecular complexity index is 591. The van der Waals surface area contributed by atoms with E-state index in [-0.39, 0.29) is 11.6 Å². The fourth-order valence-corrected chi connectivity index (χ4v) is 2.77. The summed E-state index contributed by atoms with van der Waals surface area (Å²) in [5.41, 5.74) is -0.0730. The number of rotatable bonds is 6. The first kappa shape index (κ1) is 14.7. The quantitative estimate of drug-likeness (QED) is 0.889. The lowest BCUT2D eigenvalue weighted by atomic mass is 10.2. The zero-order valence-corrected chi connectivity index (χ0v) is 12.9. The summed E-state index contributed by atoms with van der Waals surface area (Å²) >= 11 is 1.59. The van der Waals surface area contributed by atoms with Crippen LogP contribution >= 0.6 is 11.3 Å². The Morgan fingerprint density at radius 2 is 2.15 bits per heavy atom. The largest absolute Gasteiger partial charge is 0.356 e. The Morgan fingerprint density at radius 1 is 1.35 bits per heavy atom. The first-order chi connectivity index (χ1) is 9.61. The first-order valence-corrected chi connectivity index (χ1v) is 7.71. The minimum Gasteiger partial charge on any atom is -0.356 e. The summed E-state index contributed by atoms with van der Waals surface area (Å²) < 4.78 is 1.70. The van der Waals surface area contributed by atoms with Gasteiger partial charge in [0, 0.05) is 30.5 Å². The van der Waals surface area contributed by atoms with Crippen molar-refractivity contribution in [3.63, 3.8) is 0 Å². The molecule has 108 valence electrons. The highest BCUT2D eigenvalue weighted by atomic mass is 32.1. The first-order valence-electron chi connectivity index (χ1n) is 6.83. The van der Waals surface area contributed by atoms with Gasteiger partial charge in [0.15, 0.2) is 5.82 Å². The highest BCUT2D eigenvalue weighted by Crippen LogP contribution is 2.21. The lowest BCUT2D eigenvalue weighted by Gasteiger charge is -2.16. The zero-order valence-electron chi connectivity index (χ0n) is 12.0. The Morgan fingerprint density at radius 3 is 2.75 bits per heavy atom. The summed E-state index contributed by atoms with van der Waals surface area (Å²) in [6, 6.07) is 0.0325. The third kappa shape index (κ3) is 3.45. The van der Waals surface area contributed by atoms with Crippen LogP contribution in [0.3, 0.4) is 0 Å². The predicted octanol–water partition coefficient (Wildman–Crippen LogP) is 2.92. The second-order valence-electron chi connectivity index (χ2n) is 5.10. The van der Waals surface area contributed by atoms with Gasteiger partial charge in [0.25, 0.3) is 5.56 Å². The molecule has 0 saturated carbocycles. The van der Waals surface area contributed by atoms with Crippen LogP contribution in [0.2, 0.25) is 0 Å². The van der Waals surface area contributed by atoms with E-state index in [4.69, 9.17) is 0 Å². The van der Waals surface area contributed by atoms with E-state index in [9.17, 15) is 4.79 Å². The third-order valence-corrected chi connectivity index (χ3v) is 3.83. The molecule has 0 aliphatic rings. The molecule has 0 radical (unpaired) electrons. The van der Waals surface area contributed by atoms with Gasteiger partial charge in [-0.3, -0.25) is 4.79 Å². The second kappa shape index (κ2) is 6.65. The summed E-state index contributed by atoms with van der Waals surface area (Å²) in [5.74, 6) is 0.819. The van der Waals surface area contributed by atoms with Crippen LogP contribution in [0.5, 0.6) is 0 Å². The normalized spacial score (nSPS) is 12.6. The van der Waals surface area contributed by atoms with Crippen LogP contribution in [0.15, 0.2) is 28.8 Å². The van der Waals surface area contributed by atoms with Crippen molar-refractivity contribution >= 4 is 17.2 Å². The van der Waals surface area contributed by atoms with Crippen molar-refractivity contribution in [3.05, 3.63) is 39.3 Å². The molecule has 2 aromatic heterocycles. The van der Waals surface area contributed by atoms with Crippen LogP contribution in [-0.4, -0.2) is 14.5 Å². The maximum absolute atomic E-state index is 12.3. The van der Waals surface area contributed by atoms with Crippen LogP contribution in [0.4, 0.5) is 5.82 Å². The van der Waals surface area contributed by atoms with Crippen LogP contribution in [0.25, 0.3) is 0 Å². The minimum atomic E-state index is -0.0730. The molecule has 6 heteroatoms. The van der Waals surface area contributed by atoms with Gasteiger partial charge in [-0.25, -0.2) is 9.97 Å². The molecule has 1 unspecified atom stereocenters. The molecule has 20 heavy (non-hydrogen) atoms. The number of nitrogens with one attached hydrogen (secondary N) is 1. The van der Waals surface area contributed by atoms with E-state index in [1.165, 1.54) is 0 Å².